The molecule has 1 aromatic rings. The molecule has 1 aliphatic rings. The summed E-state index contributed by atoms with van der Waals surface area (Å²) in [4.78, 5) is 12.8. The van der Waals surface area contributed by atoms with Crippen LogP contribution in [-0.2, 0) is 6.42 Å². The average Bonchev–Trinajstić information content (AvgIpc) is 2.77. The number of imidazole rings is 1. The van der Waals surface area contributed by atoms with Gasteiger partial charge in [-0.05, 0) is 13.0 Å². The van der Waals surface area contributed by atoms with Crippen LogP contribution in [0.5, 0.6) is 0 Å². The van der Waals surface area contributed by atoms with Crippen molar-refractivity contribution in [2.45, 2.75) is 26.2 Å². The van der Waals surface area contributed by atoms with Crippen molar-refractivity contribution in [3.05, 3.63) is 17.7 Å². The summed E-state index contributed by atoms with van der Waals surface area (Å²) in [7, 11) is 2.19. The second-order valence-corrected chi connectivity index (χ2v) is 5.33. The maximum atomic E-state index is 4.44. The molecule has 0 aliphatic carbocycles. The second-order valence-electron chi connectivity index (χ2n) is 5.33. The summed E-state index contributed by atoms with van der Waals surface area (Å²) in [5.74, 6) is 1.67. The molecule has 4 nitrogen and oxygen atoms in total. The van der Waals surface area contributed by atoms with Gasteiger partial charge in [0.15, 0.2) is 0 Å². The highest BCUT2D eigenvalue weighted by atomic mass is 15.2. The Hall–Kier alpha value is -0.870. The molecule has 0 amide bonds. The number of H-pyrrole nitrogens is 1. The van der Waals surface area contributed by atoms with Gasteiger partial charge in [-0.3, -0.25) is 0 Å². The second kappa shape index (κ2) is 5.65. The molecule has 0 radical (unpaired) electrons. The Morgan fingerprint density at radius 2 is 2.00 bits per heavy atom. The fraction of sp³-hybridized carbons (Fsp3) is 0.769. The van der Waals surface area contributed by atoms with Crippen molar-refractivity contribution in [2.75, 3.05) is 39.8 Å². The minimum absolute atomic E-state index is 0.542. The third kappa shape index (κ3) is 3.54. The summed E-state index contributed by atoms with van der Waals surface area (Å²) in [5.41, 5.74) is 1.25. The Morgan fingerprint density at radius 1 is 1.29 bits per heavy atom. The highest BCUT2D eigenvalue weighted by Gasteiger charge is 2.13. The molecule has 1 aliphatic heterocycles. The number of piperazine rings is 1. The first-order chi connectivity index (χ1) is 8.15. The number of aromatic amines is 1. The fourth-order valence-electron chi connectivity index (χ4n) is 2.13. The molecule has 1 saturated heterocycles. The first kappa shape index (κ1) is 12.6. The van der Waals surface area contributed by atoms with Crippen molar-refractivity contribution in [3.63, 3.8) is 0 Å². The third-order valence-corrected chi connectivity index (χ3v) is 3.53. The highest BCUT2D eigenvalue weighted by molar-refractivity contribution is 5.05. The van der Waals surface area contributed by atoms with Gasteiger partial charge >= 0.3 is 0 Å². The number of aromatic nitrogens is 2. The van der Waals surface area contributed by atoms with Crippen molar-refractivity contribution in [3.8, 4) is 0 Å². The van der Waals surface area contributed by atoms with Crippen molar-refractivity contribution in [1.29, 1.82) is 0 Å². The minimum Gasteiger partial charge on any atom is -0.346 e. The summed E-state index contributed by atoms with van der Waals surface area (Å²) in [6, 6.07) is 0. The first-order valence-electron chi connectivity index (χ1n) is 6.60. The van der Waals surface area contributed by atoms with E-state index in [-0.39, 0.29) is 0 Å². The van der Waals surface area contributed by atoms with Crippen LogP contribution in [0.25, 0.3) is 0 Å². The van der Waals surface area contributed by atoms with Crippen LogP contribution in [0.1, 0.15) is 31.3 Å². The Morgan fingerprint density at radius 3 is 2.59 bits per heavy atom. The molecule has 2 heterocycles. The van der Waals surface area contributed by atoms with E-state index in [1.54, 1.807) is 0 Å². The van der Waals surface area contributed by atoms with E-state index in [1.165, 1.54) is 31.9 Å². The van der Waals surface area contributed by atoms with Gasteiger partial charge in [0.2, 0.25) is 0 Å². The molecular formula is C13H24N4. The van der Waals surface area contributed by atoms with E-state index in [0.29, 0.717) is 5.92 Å². The lowest BCUT2D eigenvalue weighted by molar-refractivity contribution is 0.155. The normalized spacial score (nSPS) is 19.1. The topological polar surface area (TPSA) is 35.2 Å². The van der Waals surface area contributed by atoms with Crippen molar-refractivity contribution < 1.29 is 0 Å². The average molecular weight is 236 g/mol. The summed E-state index contributed by atoms with van der Waals surface area (Å²) in [6.07, 6.45) is 3.01. The molecule has 1 fully saturated rings. The van der Waals surface area contributed by atoms with E-state index in [4.69, 9.17) is 0 Å². The lowest BCUT2D eigenvalue weighted by Gasteiger charge is -2.32. The van der Waals surface area contributed by atoms with Gasteiger partial charge < -0.3 is 14.8 Å². The highest BCUT2D eigenvalue weighted by Crippen LogP contribution is 2.11. The van der Waals surface area contributed by atoms with Gasteiger partial charge in [0.1, 0.15) is 5.82 Å². The van der Waals surface area contributed by atoms with Crippen LogP contribution in [0.3, 0.4) is 0 Å². The summed E-state index contributed by atoms with van der Waals surface area (Å²) in [5, 5.41) is 0. The van der Waals surface area contributed by atoms with Gasteiger partial charge in [-0.25, -0.2) is 4.98 Å². The zero-order valence-electron chi connectivity index (χ0n) is 11.2. The fourth-order valence-corrected chi connectivity index (χ4v) is 2.13. The molecule has 96 valence electrons. The predicted molar refractivity (Wildman–Crippen MR) is 70.3 cm³/mol. The van der Waals surface area contributed by atoms with Crippen LogP contribution in [-0.4, -0.2) is 59.5 Å². The molecule has 0 unspecified atom stereocenters. The molecule has 17 heavy (non-hydrogen) atoms. The number of likely N-dealkylation sites (N-methyl/N-ethyl adjacent to an activating group) is 1. The quantitative estimate of drug-likeness (QED) is 0.856. The zero-order chi connectivity index (χ0) is 12.3. The molecule has 0 bridgehead atoms. The number of rotatable bonds is 4. The Labute approximate surface area is 104 Å². The predicted octanol–water partition coefficient (Wildman–Crippen LogP) is 1.32. The molecule has 2 rings (SSSR count). The summed E-state index contributed by atoms with van der Waals surface area (Å²) >= 11 is 0. The minimum atomic E-state index is 0.542. The number of hydrogen-bond donors (Lipinski definition) is 1. The van der Waals surface area contributed by atoms with Gasteiger partial charge in [-0.2, -0.15) is 0 Å². The smallest absolute Gasteiger partial charge is 0.107 e. The maximum Gasteiger partial charge on any atom is 0.107 e. The van der Waals surface area contributed by atoms with Crippen LogP contribution in [0.4, 0.5) is 0 Å². The molecule has 0 spiro atoms. The van der Waals surface area contributed by atoms with Crippen LogP contribution >= 0.6 is 0 Å². The molecule has 1 N–H and O–H groups in total. The molecular weight excluding hydrogens is 212 g/mol. The Bertz CT molecular complexity index is 337. The van der Waals surface area contributed by atoms with Gasteiger partial charge in [0.25, 0.3) is 0 Å². The van der Waals surface area contributed by atoms with Gasteiger partial charge in [0.05, 0.1) is 0 Å². The number of hydrogen-bond acceptors (Lipinski definition) is 3. The van der Waals surface area contributed by atoms with E-state index in [9.17, 15) is 0 Å². The molecule has 4 heteroatoms. The lowest BCUT2D eigenvalue weighted by atomic mass is 10.2. The monoisotopic (exact) mass is 236 g/mol. The standard InChI is InChI=1S/C13H24N4/c1-11(2)12-10-14-13(15-12)4-5-17-8-6-16(3)7-9-17/h10-11H,4-9H2,1-3H3,(H,14,15). The molecule has 1 aromatic heterocycles. The largest absolute Gasteiger partial charge is 0.346 e. The molecule has 0 saturated carbocycles. The van der Waals surface area contributed by atoms with Gasteiger partial charge in [0, 0.05) is 51.0 Å². The number of nitrogens with one attached hydrogen (secondary N) is 1. The van der Waals surface area contributed by atoms with E-state index in [2.05, 4.69) is 40.7 Å². The van der Waals surface area contributed by atoms with Crippen LogP contribution in [0, 0.1) is 0 Å². The van der Waals surface area contributed by atoms with Crippen molar-refractivity contribution in [1.82, 2.24) is 19.8 Å². The maximum absolute atomic E-state index is 4.44. The van der Waals surface area contributed by atoms with Crippen LogP contribution in [0.2, 0.25) is 0 Å². The van der Waals surface area contributed by atoms with E-state index >= 15 is 0 Å². The van der Waals surface area contributed by atoms with Crippen LogP contribution < -0.4 is 0 Å². The summed E-state index contributed by atoms with van der Waals surface area (Å²) in [6.45, 7) is 10.3. The molecule has 0 atom stereocenters. The molecule has 0 aromatic carbocycles. The van der Waals surface area contributed by atoms with E-state index in [1.807, 2.05) is 6.20 Å². The SMILES string of the molecule is CC(C)c1cnc(CCN2CCN(C)CC2)[nH]1. The van der Waals surface area contributed by atoms with E-state index < -0.39 is 0 Å². The van der Waals surface area contributed by atoms with Gasteiger partial charge in [-0.1, -0.05) is 13.8 Å². The number of nitrogens with zero attached hydrogens (tertiary/aromatic N) is 3. The lowest BCUT2D eigenvalue weighted by Crippen LogP contribution is -2.45. The van der Waals surface area contributed by atoms with Crippen LogP contribution in [0.15, 0.2) is 6.20 Å². The van der Waals surface area contributed by atoms with E-state index in [0.717, 1.165) is 18.8 Å². The zero-order valence-corrected chi connectivity index (χ0v) is 11.2. The Kier molecular flexibility index (Phi) is 4.18. The first-order valence-corrected chi connectivity index (χ1v) is 6.60. The summed E-state index contributed by atoms with van der Waals surface area (Å²) < 4.78 is 0. The third-order valence-electron chi connectivity index (χ3n) is 3.53. The van der Waals surface area contributed by atoms with Crippen molar-refractivity contribution in [2.24, 2.45) is 0 Å². The van der Waals surface area contributed by atoms with Crippen molar-refractivity contribution >= 4 is 0 Å². The van der Waals surface area contributed by atoms with Gasteiger partial charge in [-0.15, -0.1) is 0 Å². The Balaban J connectivity index is 1.77.